The van der Waals surface area contributed by atoms with Gasteiger partial charge in [0.25, 0.3) is 5.56 Å². The van der Waals surface area contributed by atoms with E-state index in [4.69, 9.17) is 4.52 Å². The third-order valence-corrected chi connectivity index (χ3v) is 4.51. The van der Waals surface area contributed by atoms with Crippen LogP contribution in [0.1, 0.15) is 17.0 Å². The van der Waals surface area contributed by atoms with Crippen molar-refractivity contribution in [2.45, 2.75) is 20.4 Å². The molecule has 0 saturated heterocycles. The van der Waals surface area contributed by atoms with Crippen molar-refractivity contribution in [2.75, 3.05) is 0 Å². The summed E-state index contributed by atoms with van der Waals surface area (Å²) in [5.41, 5.74) is 1.89. The van der Waals surface area contributed by atoms with Gasteiger partial charge >= 0.3 is 5.69 Å². The van der Waals surface area contributed by atoms with E-state index in [2.05, 4.69) is 10.1 Å². The molecule has 0 unspecified atom stereocenters. The van der Waals surface area contributed by atoms with Gasteiger partial charge in [-0.1, -0.05) is 23.4 Å². The van der Waals surface area contributed by atoms with Crippen molar-refractivity contribution < 1.29 is 4.52 Å². The van der Waals surface area contributed by atoms with Crippen molar-refractivity contribution in [1.82, 2.24) is 23.8 Å². The van der Waals surface area contributed by atoms with Crippen molar-refractivity contribution in [1.29, 1.82) is 0 Å². The van der Waals surface area contributed by atoms with E-state index in [-0.39, 0.29) is 6.54 Å². The van der Waals surface area contributed by atoms with E-state index in [0.717, 1.165) is 5.56 Å². The Balaban J connectivity index is 2.07. The molecule has 0 radical (unpaired) electrons. The van der Waals surface area contributed by atoms with Crippen LogP contribution in [0.4, 0.5) is 0 Å². The number of para-hydroxylation sites is 1. The van der Waals surface area contributed by atoms with Gasteiger partial charge in [0.2, 0.25) is 0 Å². The molecular weight excluding hydrogens is 334 g/mol. The Morgan fingerprint density at radius 1 is 1.12 bits per heavy atom. The van der Waals surface area contributed by atoms with E-state index in [1.807, 2.05) is 18.2 Å². The highest BCUT2D eigenvalue weighted by molar-refractivity contribution is 5.72. The molecule has 132 valence electrons. The largest absolute Gasteiger partial charge is 0.361 e. The SMILES string of the molecule is Cc1noc(C)c1Cn1c(=O)c2c(ncn2C)n(-c2ccccc2)c1=O. The van der Waals surface area contributed by atoms with Crippen molar-refractivity contribution in [3.8, 4) is 5.69 Å². The number of aryl methyl sites for hydroxylation is 3. The summed E-state index contributed by atoms with van der Waals surface area (Å²) in [5.74, 6) is 0.588. The third kappa shape index (κ3) is 2.30. The van der Waals surface area contributed by atoms with Crippen LogP contribution in [-0.4, -0.2) is 23.8 Å². The minimum Gasteiger partial charge on any atom is -0.361 e. The summed E-state index contributed by atoms with van der Waals surface area (Å²) in [7, 11) is 1.73. The number of hydrogen-bond donors (Lipinski definition) is 0. The first-order chi connectivity index (χ1) is 12.5. The lowest BCUT2D eigenvalue weighted by molar-refractivity contribution is 0.392. The average molecular weight is 351 g/mol. The zero-order valence-electron chi connectivity index (χ0n) is 14.6. The number of rotatable bonds is 3. The first kappa shape index (κ1) is 16.1. The highest BCUT2D eigenvalue weighted by atomic mass is 16.5. The van der Waals surface area contributed by atoms with Crippen molar-refractivity contribution in [3.63, 3.8) is 0 Å². The van der Waals surface area contributed by atoms with Crippen LogP contribution in [0, 0.1) is 13.8 Å². The Hall–Kier alpha value is -3.42. The van der Waals surface area contributed by atoms with Gasteiger partial charge in [-0.3, -0.25) is 9.36 Å². The van der Waals surface area contributed by atoms with Crippen LogP contribution < -0.4 is 11.2 Å². The molecular formula is C18H17N5O3. The van der Waals surface area contributed by atoms with Crippen LogP contribution >= 0.6 is 0 Å². The standard InChI is InChI=1S/C18H17N5O3/c1-11-14(12(2)26-20-11)9-22-17(24)15-16(19-10-21(15)3)23(18(22)25)13-7-5-4-6-8-13/h4-8,10H,9H2,1-3H3. The number of imidazole rings is 1. The number of nitrogens with zero attached hydrogens (tertiary/aromatic N) is 5. The summed E-state index contributed by atoms with van der Waals surface area (Å²) < 4.78 is 9.44. The van der Waals surface area contributed by atoms with E-state index in [1.165, 1.54) is 15.5 Å². The predicted octanol–water partition coefficient (Wildman–Crippen LogP) is 1.54. The van der Waals surface area contributed by atoms with Gasteiger partial charge in [-0.05, 0) is 26.0 Å². The molecule has 3 heterocycles. The number of aromatic nitrogens is 5. The van der Waals surface area contributed by atoms with Crippen molar-refractivity contribution in [2.24, 2.45) is 7.05 Å². The summed E-state index contributed by atoms with van der Waals surface area (Å²) in [5, 5.41) is 3.91. The van der Waals surface area contributed by atoms with Crippen LogP contribution in [0.15, 0.2) is 50.8 Å². The molecule has 4 aromatic rings. The fraction of sp³-hybridized carbons (Fsp3) is 0.222. The second-order valence-corrected chi connectivity index (χ2v) is 6.18. The molecule has 1 aromatic carbocycles. The van der Waals surface area contributed by atoms with Gasteiger partial charge in [-0.15, -0.1) is 0 Å². The maximum absolute atomic E-state index is 13.2. The van der Waals surface area contributed by atoms with Crippen molar-refractivity contribution in [3.05, 3.63) is 74.5 Å². The topological polar surface area (TPSA) is 87.8 Å². The molecule has 0 bridgehead atoms. The lowest BCUT2D eigenvalue weighted by Crippen LogP contribution is -2.40. The molecule has 8 nitrogen and oxygen atoms in total. The molecule has 3 aromatic heterocycles. The molecule has 4 rings (SSSR count). The molecule has 0 atom stereocenters. The van der Waals surface area contributed by atoms with Gasteiger partial charge in [0.15, 0.2) is 11.2 Å². The van der Waals surface area contributed by atoms with E-state index in [1.54, 1.807) is 37.6 Å². The van der Waals surface area contributed by atoms with Gasteiger partial charge in [-0.2, -0.15) is 0 Å². The first-order valence-electron chi connectivity index (χ1n) is 8.13. The van der Waals surface area contributed by atoms with E-state index < -0.39 is 11.2 Å². The molecule has 0 fully saturated rings. The number of hydrogen-bond acceptors (Lipinski definition) is 5. The smallest absolute Gasteiger partial charge is 0.337 e. The predicted molar refractivity (Wildman–Crippen MR) is 95.7 cm³/mol. The minimum atomic E-state index is -0.451. The van der Waals surface area contributed by atoms with Gasteiger partial charge in [0.05, 0.1) is 24.3 Å². The van der Waals surface area contributed by atoms with E-state index in [9.17, 15) is 9.59 Å². The van der Waals surface area contributed by atoms with Gasteiger partial charge in [0, 0.05) is 12.6 Å². The molecule has 0 spiro atoms. The highest BCUT2D eigenvalue weighted by Crippen LogP contribution is 2.15. The Bertz CT molecular complexity index is 1210. The van der Waals surface area contributed by atoms with Gasteiger partial charge in [-0.25, -0.2) is 14.3 Å². The second kappa shape index (κ2) is 5.83. The van der Waals surface area contributed by atoms with Crippen LogP contribution in [0.2, 0.25) is 0 Å². The fourth-order valence-electron chi connectivity index (χ4n) is 3.09. The van der Waals surface area contributed by atoms with Crippen LogP contribution in [-0.2, 0) is 13.6 Å². The molecule has 26 heavy (non-hydrogen) atoms. The first-order valence-corrected chi connectivity index (χ1v) is 8.13. The summed E-state index contributed by atoms with van der Waals surface area (Å²) in [6, 6.07) is 9.14. The fourth-order valence-corrected chi connectivity index (χ4v) is 3.09. The minimum absolute atomic E-state index is 0.0901. The summed E-state index contributed by atoms with van der Waals surface area (Å²) in [6.07, 6.45) is 1.53. The molecule has 0 aliphatic carbocycles. The number of fused-ring (bicyclic) bond motifs is 1. The second-order valence-electron chi connectivity index (χ2n) is 6.18. The van der Waals surface area contributed by atoms with Crippen LogP contribution in [0.3, 0.4) is 0 Å². The Labute approximate surface area is 147 Å². The summed E-state index contributed by atoms with van der Waals surface area (Å²) >= 11 is 0. The number of benzene rings is 1. The Kier molecular flexibility index (Phi) is 3.61. The van der Waals surface area contributed by atoms with E-state index in [0.29, 0.717) is 28.3 Å². The van der Waals surface area contributed by atoms with Gasteiger partial charge in [0.1, 0.15) is 5.76 Å². The Morgan fingerprint density at radius 3 is 2.50 bits per heavy atom. The quantitative estimate of drug-likeness (QED) is 0.559. The Morgan fingerprint density at radius 2 is 1.85 bits per heavy atom. The highest BCUT2D eigenvalue weighted by Gasteiger charge is 2.20. The molecule has 0 aliphatic rings. The van der Waals surface area contributed by atoms with Crippen LogP contribution in [0.5, 0.6) is 0 Å². The molecule has 0 aliphatic heterocycles. The lowest BCUT2D eigenvalue weighted by atomic mass is 10.2. The lowest BCUT2D eigenvalue weighted by Gasteiger charge is -2.12. The zero-order chi connectivity index (χ0) is 18.4. The monoisotopic (exact) mass is 351 g/mol. The third-order valence-electron chi connectivity index (χ3n) is 4.51. The maximum Gasteiger partial charge on any atom is 0.337 e. The normalized spacial score (nSPS) is 11.3. The van der Waals surface area contributed by atoms with Gasteiger partial charge < -0.3 is 9.09 Å². The molecule has 0 amide bonds. The maximum atomic E-state index is 13.2. The average Bonchev–Trinajstić information content (AvgIpc) is 3.16. The summed E-state index contributed by atoms with van der Waals surface area (Å²) in [6.45, 7) is 3.64. The van der Waals surface area contributed by atoms with Crippen molar-refractivity contribution >= 4 is 11.2 Å². The van der Waals surface area contributed by atoms with Crippen LogP contribution in [0.25, 0.3) is 16.9 Å². The summed E-state index contributed by atoms with van der Waals surface area (Å²) in [4.78, 5) is 30.5. The van der Waals surface area contributed by atoms with E-state index >= 15 is 0 Å². The molecule has 8 heteroatoms. The zero-order valence-corrected chi connectivity index (χ0v) is 14.6. The molecule has 0 N–H and O–H groups in total. The molecule has 0 saturated carbocycles.